The van der Waals surface area contributed by atoms with E-state index in [9.17, 15) is 0 Å². The second kappa shape index (κ2) is 4.81. The highest BCUT2D eigenvalue weighted by Gasteiger charge is 2.06. The van der Waals surface area contributed by atoms with E-state index in [0.717, 1.165) is 5.69 Å². The highest BCUT2D eigenvalue weighted by atomic mass is 35.5. The Morgan fingerprint density at radius 1 is 1.35 bits per heavy atom. The lowest BCUT2D eigenvalue weighted by Gasteiger charge is -2.06. The van der Waals surface area contributed by atoms with Crippen molar-refractivity contribution in [3.63, 3.8) is 0 Å². The largest absolute Gasteiger partial charge is 0.454 e. The SMILES string of the molecule is Cc1ccc(Oc2ccnc(Cl)c2)c(C#N)n1. The molecule has 0 saturated heterocycles. The Hall–Kier alpha value is -2.12. The van der Waals surface area contributed by atoms with Crippen LogP contribution < -0.4 is 4.74 Å². The van der Waals surface area contributed by atoms with Crippen LogP contribution in [0.4, 0.5) is 0 Å². The van der Waals surface area contributed by atoms with Gasteiger partial charge in [-0.3, -0.25) is 0 Å². The molecule has 5 heteroatoms. The first-order chi connectivity index (χ1) is 8.19. The summed E-state index contributed by atoms with van der Waals surface area (Å²) in [6.45, 7) is 1.81. The van der Waals surface area contributed by atoms with E-state index in [0.29, 0.717) is 16.7 Å². The molecule has 2 heterocycles. The molecule has 2 aromatic rings. The third-order valence-corrected chi connectivity index (χ3v) is 2.24. The zero-order chi connectivity index (χ0) is 12.3. The van der Waals surface area contributed by atoms with Gasteiger partial charge in [-0.05, 0) is 25.1 Å². The standard InChI is InChI=1S/C12H8ClN3O/c1-8-2-3-11(10(7-14)16-8)17-9-4-5-15-12(13)6-9/h2-6H,1H3. The molecule has 0 radical (unpaired) electrons. The summed E-state index contributed by atoms with van der Waals surface area (Å²) in [6.07, 6.45) is 1.53. The van der Waals surface area contributed by atoms with Crippen LogP contribution in [-0.2, 0) is 0 Å². The maximum atomic E-state index is 8.94. The number of aromatic nitrogens is 2. The van der Waals surface area contributed by atoms with Crippen LogP contribution in [0.3, 0.4) is 0 Å². The monoisotopic (exact) mass is 245 g/mol. The predicted octanol–water partition coefficient (Wildman–Crippen LogP) is 3.10. The van der Waals surface area contributed by atoms with Crippen molar-refractivity contribution >= 4 is 11.6 Å². The Labute approximate surface area is 103 Å². The summed E-state index contributed by atoms with van der Waals surface area (Å²) in [5.74, 6) is 0.924. The number of aryl methyl sites for hydroxylation is 1. The zero-order valence-corrected chi connectivity index (χ0v) is 9.77. The van der Waals surface area contributed by atoms with Crippen LogP contribution in [0.15, 0.2) is 30.5 Å². The minimum atomic E-state index is 0.248. The van der Waals surface area contributed by atoms with Gasteiger partial charge >= 0.3 is 0 Å². The molecule has 2 rings (SSSR count). The molecule has 0 bridgehead atoms. The number of hydrogen-bond donors (Lipinski definition) is 0. The minimum absolute atomic E-state index is 0.248. The zero-order valence-electron chi connectivity index (χ0n) is 9.01. The van der Waals surface area contributed by atoms with Gasteiger partial charge in [0.25, 0.3) is 0 Å². The van der Waals surface area contributed by atoms with Gasteiger partial charge in [0.15, 0.2) is 11.4 Å². The van der Waals surface area contributed by atoms with Crippen molar-refractivity contribution in [1.29, 1.82) is 5.26 Å². The molecule has 84 valence electrons. The summed E-state index contributed by atoms with van der Waals surface area (Å²) in [5, 5.41) is 9.28. The second-order valence-electron chi connectivity index (χ2n) is 3.33. The van der Waals surface area contributed by atoms with Crippen molar-refractivity contribution < 1.29 is 4.74 Å². The normalized spacial score (nSPS) is 9.71. The van der Waals surface area contributed by atoms with Gasteiger partial charge in [-0.15, -0.1) is 0 Å². The van der Waals surface area contributed by atoms with Crippen LogP contribution in [0.25, 0.3) is 0 Å². The highest BCUT2D eigenvalue weighted by molar-refractivity contribution is 6.29. The van der Waals surface area contributed by atoms with E-state index in [2.05, 4.69) is 9.97 Å². The summed E-state index contributed by atoms with van der Waals surface area (Å²) in [5.41, 5.74) is 1.01. The topological polar surface area (TPSA) is 58.8 Å². The molecule has 0 fully saturated rings. The highest BCUT2D eigenvalue weighted by Crippen LogP contribution is 2.25. The lowest BCUT2D eigenvalue weighted by Crippen LogP contribution is -1.93. The van der Waals surface area contributed by atoms with E-state index in [1.165, 1.54) is 6.20 Å². The molecule has 0 unspecified atom stereocenters. The van der Waals surface area contributed by atoms with E-state index in [4.69, 9.17) is 21.6 Å². The average Bonchev–Trinajstić information content (AvgIpc) is 2.31. The summed E-state index contributed by atoms with van der Waals surface area (Å²) in [6, 6.07) is 8.70. The first-order valence-electron chi connectivity index (χ1n) is 4.86. The quantitative estimate of drug-likeness (QED) is 0.763. The van der Waals surface area contributed by atoms with E-state index in [1.807, 2.05) is 13.0 Å². The van der Waals surface area contributed by atoms with Crippen molar-refractivity contribution in [3.8, 4) is 17.6 Å². The number of hydrogen-bond acceptors (Lipinski definition) is 4. The van der Waals surface area contributed by atoms with Crippen LogP contribution in [0.5, 0.6) is 11.5 Å². The Bertz CT molecular complexity index is 593. The van der Waals surface area contributed by atoms with E-state index >= 15 is 0 Å². The number of halogens is 1. The molecular weight excluding hydrogens is 238 g/mol. The Kier molecular flexibility index (Phi) is 3.22. The average molecular weight is 246 g/mol. The Balaban J connectivity index is 2.34. The van der Waals surface area contributed by atoms with Gasteiger partial charge in [-0.25, -0.2) is 9.97 Å². The molecule has 0 aliphatic rings. The molecule has 0 aliphatic heterocycles. The Morgan fingerprint density at radius 2 is 2.18 bits per heavy atom. The number of nitriles is 1. The molecule has 17 heavy (non-hydrogen) atoms. The van der Waals surface area contributed by atoms with Crippen LogP contribution in [0.2, 0.25) is 5.15 Å². The van der Waals surface area contributed by atoms with Crippen LogP contribution in [-0.4, -0.2) is 9.97 Å². The molecule has 0 amide bonds. The Morgan fingerprint density at radius 3 is 2.88 bits per heavy atom. The maximum Gasteiger partial charge on any atom is 0.183 e. The van der Waals surface area contributed by atoms with Gasteiger partial charge in [-0.2, -0.15) is 5.26 Å². The molecule has 0 saturated carbocycles. The fourth-order valence-electron chi connectivity index (χ4n) is 1.28. The number of ether oxygens (including phenoxy) is 1. The van der Waals surface area contributed by atoms with Crippen LogP contribution in [0.1, 0.15) is 11.4 Å². The van der Waals surface area contributed by atoms with Gasteiger partial charge in [0.1, 0.15) is 17.0 Å². The number of rotatable bonds is 2. The molecule has 4 nitrogen and oxygen atoms in total. The van der Waals surface area contributed by atoms with Crippen LogP contribution >= 0.6 is 11.6 Å². The first-order valence-corrected chi connectivity index (χ1v) is 5.24. The van der Waals surface area contributed by atoms with Gasteiger partial charge in [0.2, 0.25) is 0 Å². The summed E-state index contributed by atoms with van der Waals surface area (Å²) in [4.78, 5) is 7.92. The molecule has 0 spiro atoms. The van der Waals surface area contributed by atoms with E-state index in [1.54, 1.807) is 24.3 Å². The van der Waals surface area contributed by atoms with Crippen LogP contribution in [0, 0.1) is 18.3 Å². The smallest absolute Gasteiger partial charge is 0.183 e. The molecule has 2 aromatic heterocycles. The van der Waals surface area contributed by atoms with Gasteiger partial charge in [0.05, 0.1) is 0 Å². The summed E-state index contributed by atoms with van der Waals surface area (Å²) >= 11 is 5.74. The molecule has 0 N–H and O–H groups in total. The molecular formula is C12H8ClN3O. The fourth-order valence-corrected chi connectivity index (χ4v) is 1.45. The summed E-state index contributed by atoms with van der Waals surface area (Å²) in [7, 11) is 0. The minimum Gasteiger partial charge on any atom is -0.454 e. The van der Waals surface area contributed by atoms with Crippen molar-refractivity contribution in [2.45, 2.75) is 6.92 Å². The van der Waals surface area contributed by atoms with E-state index in [-0.39, 0.29) is 5.69 Å². The van der Waals surface area contributed by atoms with Gasteiger partial charge < -0.3 is 4.74 Å². The van der Waals surface area contributed by atoms with Crippen molar-refractivity contribution in [2.75, 3.05) is 0 Å². The second-order valence-corrected chi connectivity index (χ2v) is 3.71. The predicted molar refractivity (Wildman–Crippen MR) is 63.0 cm³/mol. The fraction of sp³-hybridized carbons (Fsp3) is 0.0833. The third kappa shape index (κ3) is 2.71. The number of pyridine rings is 2. The maximum absolute atomic E-state index is 8.94. The molecule has 0 aliphatic carbocycles. The lowest BCUT2D eigenvalue weighted by molar-refractivity contribution is 0.477. The summed E-state index contributed by atoms with van der Waals surface area (Å²) < 4.78 is 5.53. The van der Waals surface area contributed by atoms with Crippen molar-refractivity contribution in [3.05, 3.63) is 47.0 Å². The van der Waals surface area contributed by atoms with E-state index < -0.39 is 0 Å². The van der Waals surface area contributed by atoms with Gasteiger partial charge in [0, 0.05) is 18.0 Å². The van der Waals surface area contributed by atoms with Crippen molar-refractivity contribution in [2.24, 2.45) is 0 Å². The molecule has 0 aromatic carbocycles. The van der Waals surface area contributed by atoms with Gasteiger partial charge in [-0.1, -0.05) is 11.6 Å². The van der Waals surface area contributed by atoms with Crippen molar-refractivity contribution in [1.82, 2.24) is 9.97 Å². The first kappa shape index (κ1) is 11.4. The number of nitrogens with zero attached hydrogens (tertiary/aromatic N) is 3. The lowest BCUT2D eigenvalue weighted by atomic mass is 10.3. The third-order valence-electron chi connectivity index (χ3n) is 2.03. The molecule has 0 atom stereocenters.